The van der Waals surface area contributed by atoms with Crippen molar-refractivity contribution in [2.24, 2.45) is 0 Å². The van der Waals surface area contributed by atoms with Crippen molar-refractivity contribution in [1.29, 1.82) is 0 Å². The number of aromatic nitrogens is 1. The summed E-state index contributed by atoms with van der Waals surface area (Å²) < 4.78 is 1.06. The molecule has 6 nitrogen and oxygen atoms in total. The van der Waals surface area contributed by atoms with Crippen LogP contribution in [-0.2, 0) is 22.7 Å². The minimum absolute atomic E-state index is 0.0946. The molecule has 0 radical (unpaired) electrons. The molecule has 178 valence electrons. The van der Waals surface area contributed by atoms with Crippen molar-refractivity contribution >= 4 is 45.0 Å². The van der Waals surface area contributed by atoms with E-state index in [1.54, 1.807) is 11.3 Å². The molecule has 2 aromatic heterocycles. The molecule has 4 heterocycles. The Kier molecular flexibility index (Phi) is 6.46. The summed E-state index contributed by atoms with van der Waals surface area (Å²) >= 11 is 8.15. The molecule has 0 bridgehead atoms. The number of carbonyl (C=O) groups excluding carboxylic acids is 2. The maximum absolute atomic E-state index is 12.1. The molecule has 0 unspecified atom stereocenters. The summed E-state index contributed by atoms with van der Waals surface area (Å²) in [7, 11) is 0. The predicted octanol–water partition coefficient (Wildman–Crippen LogP) is 4.76. The van der Waals surface area contributed by atoms with E-state index in [-0.39, 0.29) is 11.8 Å². The molecule has 2 fully saturated rings. The van der Waals surface area contributed by atoms with E-state index >= 15 is 0 Å². The van der Waals surface area contributed by atoms with Crippen LogP contribution in [0.2, 0.25) is 5.02 Å². The number of piperazine rings is 1. The van der Waals surface area contributed by atoms with Crippen LogP contribution >= 0.6 is 22.9 Å². The molecular weight excluding hydrogens is 468 g/mol. The highest BCUT2D eigenvalue weighted by molar-refractivity contribution is 7.19. The van der Waals surface area contributed by atoms with Gasteiger partial charge >= 0.3 is 0 Å². The highest BCUT2D eigenvalue weighted by Gasteiger charge is 2.29. The zero-order chi connectivity index (χ0) is 24.0. The molecule has 0 aliphatic carbocycles. The Labute approximate surface area is 208 Å². The number of amides is 2. The average molecular weight is 497 g/mol. The SMILES string of the molecule is Cc1cc(Cl)cc(-c2ccnc3cc(CN4C(=O)CCC4=O)sc23)c1CN1C[C@@H](C)N[C@@H](C)C1. The van der Waals surface area contributed by atoms with E-state index in [2.05, 4.69) is 42.0 Å². The van der Waals surface area contributed by atoms with Crippen LogP contribution in [0.1, 0.15) is 42.7 Å². The van der Waals surface area contributed by atoms with Gasteiger partial charge < -0.3 is 5.32 Å². The second-order valence-electron chi connectivity index (χ2n) is 9.57. The van der Waals surface area contributed by atoms with Gasteiger partial charge in [0.05, 0.1) is 16.8 Å². The fourth-order valence-electron chi connectivity index (χ4n) is 5.25. The molecule has 0 saturated carbocycles. The minimum Gasteiger partial charge on any atom is -0.309 e. The lowest BCUT2D eigenvalue weighted by atomic mass is 9.95. The average Bonchev–Trinajstić information content (AvgIpc) is 3.32. The predicted molar refractivity (Wildman–Crippen MR) is 137 cm³/mol. The first kappa shape index (κ1) is 23.4. The smallest absolute Gasteiger partial charge is 0.230 e. The number of nitrogens with zero attached hydrogens (tertiary/aromatic N) is 3. The number of hydrogen-bond acceptors (Lipinski definition) is 6. The van der Waals surface area contributed by atoms with Crippen molar-refractivity contribution in [3.8, 4) is 11.1 Å². The lowest BCUT2D eigenvalue weighted by molar-refractivity contribution is -0.138. The Hall–Kier alpha value is -2.32. The topological polar surface area (TPSA) is 65.5 Å². The Morgan fingerprint density at radius 1 is 1.06 bits per heavy atom. The summed E-state index contributed by atoms with van der Waals surface area (Å²) in [6.07, 6.45) is 2.44. The van der Waals surface area contributed by atoms with Gasteiger partial charge in [0.2, 0.25) is 11.8 Å². The van der Waals surface area contributed by atoms with Gasteiger partial charge in [-0.2, -0.15) is 0 Å². The number of halogens is 1. The number of rotatable bonds is 5. The second-order valence-corrected chi connectivity index (χ2v) is 11.1. The van der Waals surface area contributed by atoms with Crippen LogP contribution < -0.4 is 5.32 Å². The summed E-state index contributed by atoms with van der Waals surface area (Å²) in [5.74, 6) is -0.189. The second kappa shape index (κ2) is 9.38. The molecule has 5 rings (SSSR count). The highest BCUT2D eigenvalue weighted by Crippen LogP contribution is 2.39. The molecule has 34 heavy (non-hydrogen) atoms. The van der Waals surface area contributed by atoms with Crippen LogP contribution in [-0.4, -0.2) is 51.8 Å². The van der Waals surface area contributed by atoms with Gasteiger partial charge in [-0.1, -0.05) is 11.6 Å². The van der Waals surface area contributed by atoms with Crippen LogP contribution in [0.5, 0.6) is 0 Å². The van der Waals surface area contributed by atoms with E-state index < -0.39 is 0 Å². The first-order valence-electron chi connectivity index (χ1n) is 11.8. The standard InChI is InChI=1S/C26H29ClN4O2S/c1-15-8-18(27)9-21(22(15)14-30-11-16(2)29-17(3)12-30)20-6-7-28-23-10-19(34-26(20)23)13-31-24(32)4-5-25(31)33/h6-10,16-17,29H,4-5,11-14H2,1-3H3/t16-,17+. The molecule has 1 aromatic carbocycles. The lowest BCUT2D eigenvalue weighted by Crippen LogP contribution is -2.53. The number of aryl methyl sites for hydroxylation is 1. The van der Waals surface area contributed by atoms with Gasteiger partial charge in [-0.15, -0.1) is 11.3 Å². The van der Waals surface area contributed by atoms with E-state index in [4.69, 9.17) is 11.6 Å². The Bertz CT molecular complexity index is 1250. The molecular formula is C26H29ClN4O2S. The van der Waals surface area contributed by atoms with E-state index in [1.165, 1.54) is 16.0 Å². The molecule has 2 amide bonds. The monoisotopic (exact) mass is 496 g/mol. The van der Waals surface area contributed by atoms with Gasteiger partial charge in [-0.05, 0) is 61.7 Å². The van der Waals surface area contributed by atoms with E-state index in [1.807, 2.05) is 24.4 Å². The largest absolute Gasteiger partial charge is 0.309 e. The van der Waals surface area contributed by atoms with Gasteiger partial charge in [0.15, 0.2) is 0 Å². The van der Waals surface area contributed by atoms with Gasteiger partial charge in [0.1, 0.15) is 0 Å². The van der Waals surface area contributed by atoms with Gasteiger partial charge in [0, 0.05) is 66.2 Å². The molecule has 2 aliphatic rings. The fourth-order valence-corrected chi connectivity index (χ4v) is 6.65. The number of likely N-dealkylation sites (tertiary alicyclic amines) is 1. The zero-order valence-electron chi connectivity index (χ0n) is 19.7. The minimum atomic E-state index is -0.0946. The third-order valence-electron chi connectivity index (χ3n) is 6.67. The van der Waals surface area contributed by atoms with Crippen LogP contribution in [0.4, 0.5) is 0 Å². The number of fused-ring (bicyclic) bond motifs is 1. The molecule has 1 N–H and O–H groups in total. The van der Waals surface area contributed by atoms with E-state index in [0.29, 0.717) is 36.5 Å². The molecule has 0 spiro atoms. The van der Waals surface area contributed by atoms with Crippen LogP contribution in [0.3, 0.4) is 0 Å². The molecule has 2 aliphatic heterocycles. The number of nitrogens with one attached hydrogen (secondary N) is 1. The Balaban J connectivity index is 1.53. The van der Waals surface area contributed by atoms with Gasteiger partial charge in [0.25, 0.3) is 0 Å². The third kappa shape index (κ3) is 4.62. The van der Waals surface area contributed by atoms with E-state index in [9.17, 15) is 9.59 Å². The van der Waals surface area contributed by atoms with Crippen molar-refractivity contribution in [3.63, 3.8) is 0 Å². The first-order chi connectivity index (χ1) is 16.3. The van der Waals surface area contributed by atoms with Crippen molar-refractivity contribution in [3.05, 3.63) is 51.5 Å². The summed E-state index contributed by atoms with van der Waals surface area (Å²) in [6, 6.07) is 9.04. The Morgan fingerprint density at radius 3 is 2.47 bits per heavy atom. The lowest BCUT2D eigenvalue weighted by Gasteiger charge is -2.36. The Morgan fingerprint density at radius 2 is 1.76 bits per heavy atom. The maximum Gasteiger partial charge on any atom is 0.230 e. The number of imide groups is 1. The molecule has 3 aromatic rings. The first-order valence-corrected chi connectivity index (χ1v) is 13.0. The summed E-state index contributed by atoms with van der Waals surface area (Å²) in [5.41, 5.74) is 5.55. The number of pyridine rings is 1. The van der Waals surface area contributed by atoms with Crippen molar-refractivity contribution in [2.45, 2.75) is 58.8 Å². The van der Waals surface area contributed by atoms with Crippen LogP contribution in [0, 0.1) is 6.92 Å². The number of benzene rings is 1. The van der Waals surface area contributed by atoms with Crippen molar-refractivity contribution in [1.82, 2.24) is 20.1 Å². The molecule has 2 saturated heterocycles. The molecule has 8 heteroatoms. The number of carbonyl (C=O) groups is 2. The van der Waals surface area contributed by atoms with Crippen molar-refractivity contribution < 1.29 is 9.59 Å². The van der Waals surface area contributed by atoms with Gasteiger partial charge in [-0.3, -0.25) is 24.4 Å². The number of thiophene rings is 1. The maximum atomic E-state index is 12.1. The fraction of sp³-hybridized carbons (Fsp3) is 0.423. The van der Waals surface area contributed by atoms with E-state index in [0.717, 1.165) is 45.9 Å². The summed E-state index contributed by atoms with van der Waals surface area (Å²) in [5, 5.41) is 4.32. The quantitative estimate of drug-likeness (QED) is 0.516. The summed E-state index contributed by atoms with van der Waals surface area (Å²) in [4.78, 5) is 33.7. The van der Waals surface area contributed by atoms with Crippen molar-refractivity contribution in [2.75, 3.05) is 13.1 Å². The number of hydrogen-bond donors (Lipinski definition) is 1. The molecule has 2 atom stereocenters. The normalized spacial score (nSPS) is 21.7. The van der Waals surface area contributed by atoms with Crippen LogP contribution in [0.15, 0.2) is 30.5 Å². The zero-order valence-corrected chi connectivity index (χ0v) is 21.3. The van der Waals surface area contributed by atoms with Gasteiger partial charge in [-0.25, -0.2) is 0 Å². The summed E-state index contributed by atoms with van der Waals surface area (Å²) in [6.45, 7) is 9.75. The highest BCUT2D eigenvalue weighted by atomic mass is 35.5. The third-order valence-corrected chi connectivity index (χ3v) is 8.04. The van der Waals surface area contributed by atoms with Crippen LogP contribution in [0.25, 0.3) is 21.3 Å².